The lowest BCUT2D eigenvalue weighted by atomic mass is 10.0. The van der Waals surface area contributed by atoms with Gasteiger partial charge in [-0.05, 0) is 35.4 Å². The van der Waals surface area contributed by atoms with E-state index in [4.69, 9.17) is 0 Å². The standard InChI is InChI=1S/C20H25N3S/c1-3-4-6-16-8-10-18(11-9-16)20(19-7-5-12-24-19)21-13-17-14-22-23(2)15-17/h5,7-12,14-15,20-21H,3-4,6,13H2,1-2H3/t20-/m1/s1. The number of unbranched alkanes of at least 4 members (excludes halogenated alkanes) is 1. The lowest BCUT2D eigenvalue weighted by Gasteiger charge is -2.18. The zero-order valence-corrected chi connectivity index (χ0v) is 15.2. The summed E-state index contributed by atoms with van der Waals surface area (Å²) in [7, 11) is 1.95. The number of nitrogens with zero attached hydrogens (tertiary/aromatic N) is 2. The third-order valence-electron chi connectivity index (χ3n) is 4.23. The summed E-state index contributed by atoms with van der Waals surface area (Å²) in [6, 6.07) is 13.6. The summed E-state index contributed by atoms with van der Waals surface area (Å²) < 4.78 is 1.85. The summed E-state index contributed by atoms with van der Waals surface area (Å²) in [4.78, 5) is 1.35. The Morgan fingerprint density at radius 3 is 2.62 bits per heavy atom. The number of rotatable bonds is 8. The third kappa shape index (κ3) is 4.34. The van der Waals surface area contributed by atoms with Gasteiger partial charge in [0.25, 0.3) is 0 Å². The van der Waals surface area contributed by atoms with Crippen LogP contribution < -0.4 is 5.32 Å². The van der Waals surface area contributed by atoms with E-state index < -0.39 is 0 Å². The first kappa shape index (κ1) is 16.9. The molecule has 3 aromatic rings. The predicted octanol–water partition coefficient (Wildman–Crippen LogP) is 4.70. The average molecular weight is 340 g/mol. The van der Waals surface area contributed by atoms with Crippen LogP contribution in [0.2, 0.25) is 0 Å². The van der Waals surface area contributed by atoms with E-state index in [1.54, 1.807) is 11.3 Å². The van der Waals surface area contributed by atoms with E-state index in [-0.39, 0.29) is 6.04 Å². The molecule has 0 aliphatic carbocycles. The van der Waals surface area contributed by atoms with Gasteiger partial charge >= 0.3 is 0 Å². The van der Waals surface area contributed by atoms with Gasteiger partial charge in [0.1, 0.15) is 0 Å². The molecule has 0 aliphatic heterocycles. The van der Waals surface area contributed by atoms with Crippen molar-refractivity contribution in [3.8, 4) is 0 Å². The fourth-order valence-corrected chi connectivity index (χ4v) is 3.71. The minimum atomic E-state index is 0.227. The monoisotopic (exact) mass is 339 g/mol. The molecule has 0 radical (unpaired) electrons. The Labute approximate surface area is 148 Å². The van der Waals surface area contributed by atoms with Crippen molar-refractivity contribution in [2.24, 2.45) is 7.05 Å². The molecule has 3 nitrogen and oxygen atoms in total. The van der Waals surface area contributed by atoms with Crippen LogP contribution >= 0.6 is 11.3 Å². The number of nitrogens with one attached hydrogen (secondary N) is 1. The van der Waals surface area contributed by atoms with Crippen LogP contribution in [0.3, 0.4) is 0 Å². The van der Waals surface area contributed by atoms with Crippen molar-refractivity contribution in [3.63, 3.8) is 0 Å². The Balaban J connectivity index is 1.74. The minimum Gasteiger partial charge on any atom is -0.301 e. The zero-order chi connectivity index (χ0) is 16.8. The minimum absolute atomic E-state index is 0.227. The maximum Gasteiger partial charge on any atom is 0.0673 e. The molecule has 0 saturated carbocycles. The molecular formula is C20H25N3S. The Hall–Kier alpha value is -1.91. The number of hydrogen-bond acceptors (Lipinski definition) is 3. The number of aryl methyl sites for hydroxylation is 2. The molecule has 24 heavy (non-hydrogen) atoms. The predicted molar refractivity (Wildman–Crippen MR) is 101 cm³/mol. The highest BCUT2D eigenvalue weighted by Gasteiger charge is 2.15. The van der Waals surface area contributed by atoms with Gasteiger partial charge in [-0.1, -0.05) is 43.7 Å². The smallest absolute Gasteiger partial charge is 0.0673 e. The molecule has 2 aromatic heterocycles. The van der Waals surface area contributed by atoms with Crippen LogP contribution in [-0.4, -0.2) is 9.78 Å². The second-order valence-corrected chi connectivity index (χ2v) is 7.18. The maximum atomic E-state index is 4.25. The summed E-state index contributed by atoms with van der Waals surface area (Å²) in [5.41, 5.74) is 3.96. The molecule has 4 heteroatoms. The van der Waals surface area contributed by atoms with Gasteiger partial charge in [0.2, 0.25) is 0 Å². The molecule has 0 bridgehead atoms. The van der Waals surface area contributed by atoms with E-state index in [9.17, 15) is 0 Å². The van der Waals surface area contributed by atoms with Crippen molar-refractivity contribution in [1.29, 1.82) is 0 Å². The lowest BCUT2D eigenvalue weighted by molar-refractivity contribution is 0.612. The molecule has 126 valence electrons. The van der Waals surface area contributed by atoms with Crippen LogP contribution in [0.15, 0.2) is 54.2 Å². The molecule has 0 amide bonds. The van der Waals surface area contributed by atoms with E-state index in [0.29, 0.717) is 0 Å². The maximum absolute atomic E-state index is 4.25. The van der Waals surface area contributed by atoms with Crippen LogP contribution in [0.25, 0.3) is 0 Å². The topological polar surface area (TPSA) is 29.9 Å². The number of thiophene rings is 1. The average Bonchev–Trinajstić information content (AvgIpc) is 3.26. The van der Waals surface area contributed by atoms with E-state index in [0.717, 1.165) is 6.54 Å². The normalized spacial score (nSPS) is 12.4. The van der Waals surface area contributed by atoms with Crippen LogP contribution in [0.4, 0.5) is 0 Å². The lowest BCUT2D eigenvalue weighted by Crippen LogP contribution is -2.21. The van der Waals surface area contributed by atoms with Crippen LogP contribution in [0.1, 0.15) is 47.4 Å². The Morgan fingerprint density at radius 1 is 1.17 bits per heavy atom. The zero-order valence-electron chi connectivity index (χ0n) is 14.4. The van der Waals surface area contributed by atoms with Gasteiger partial charge in [0.15, 0.2) is 0 Å². The molecule has 2 heterocycles. The third-order valence-corrected chi connectivity index (χ3v) is 5.17. The van der Waals surface area contributed by atoms with Crippen molar-refractivity contribution >= 4 is 11.3 Å². The molecule has 1 aromatic carbocycles. The highest BCUT2D eigenvalue weighted by molar-refractivity contribution is 7.10. The first-order valence-electron chi connectivity index (χ1n) is 8.59. The highest BCUT2D eigenvalue weighted by Crippen LogP contribution is 2.27. The van der Waals surface area contributed by atoms with Gasteiger partial charge in [0, 0.05) is 30.2 Å². The summed E-state index contributed by atoms with van der Waals surface area (Å²) >= 11 is 1.80. The molecule has 0 aliphatic rings. The number of hydrogen-bond donors (Lipinski definition) is 1. The van der Waals surface area contributed by atoms with Gasteiger partial charge in [-0.3, -0.25) is 4.68 Å². The largest absolute Gasteiger partial charge is 0.301 e. The van der Waals surface area contributed by atoms with E-state index in [1.165, 1.54) is 40.8 Å². The highest BCUT2D eigenvalue weighted by atomic mass is 32.1. The molecule has 1 N–H and O–H groups in total. The summed E-state index contributed by atoms with van der Waals surface area (Å²) in [5, 5.41) is 10.1. The van der Waals surface area contributed by atoms with Gasteiger partial charge < -0.3 is 5.32 Å². The quantitative estimate of drug-likeness (QED) is 0.644. The fourth-order valence-electron chi connectivity index (χ4n) is 2.88. The summed E-state index contributed by atoms with van der Waals surface area (Å²) in [6.45, 7) is 3.05. The van der Waals surface area contributed by atoms with Gasteiger partial charge in [0.05, 0.1) is 12.2 Å². The van der Waals surface area contributed by atoms with Gasteiger partial charge in [-0.15, -0.1) is 11.3 Å². The molecule has 0 spiro atoms. The van der Waals surface area contributed by atoms with Crippen LogP contribution in [0.5, 0.6) is 0 Å². The van der Waals surface area contributed by atoms with Crippen molar-refractivity contribution < 1.29 is 0 Å². The van der Waals surface area contributed by atoms with E-state index >= 15 is 0 Å². The van der Waals surface area contributed by atoms with Crippen LogP contribution in [-0.2, 0) is 20.0 Å². The first-order valence-corrected chi connectivity index (χ1v) is 9.47. The van der Waals surface area contributed by atoms with Gasteiger partial charge in [-0.2, -0.15) is 5.10 Å². The molecule has 1 atom stereocenters. The molecule has 0 fully saturated rings. The Bertz CT molecular complexity index is 729. The summed E-state index contributed by atoms with van der Waals surface area (Å²) in [6.07, 6.45) is 7.65. The Kier molecular flexibility index (Phi) is 5.83. The Morgan fingerprint density at radius 2 is 2.00 bits per heavy atom. The number of benzene rings is 1. The summed E-state index contributed by atoms with van der Waals surface area (Å²) in [5.74, 6) is 0. The van der Waals surface area contributed by atoms with Crippen molar-refractivity contribution in [2.75, 3.05) is 0 Å². The SMILES string of the molecule is CCCCc1ccc([C@@H](NCc2cnn(C)c2)c2cccs2)cc1. The molecule has 3 rings (SSSR count). The van der Waals surface area contributed by atoms with Crippen LogP contribution in [0, 0.1) is 0 Å². The van der Waals surface area contributed by atoms with E-state index in [1.807, 2.05) is 17.9 Å². The van der Waals surface area contributed by atoms with Crippen molar-refractivity contribution in [2.45, 2.75) is 38.8 Å². The second kappa shape index (κ2) is 8.27. The first-order chi connectivity index (χ1) is 11.8. The fraction of sp³-hybridized carbons (Fsp3) is 0.350. The van der Waals surface area contributed by atoms with Crippen molar-refractivity contribution in [3.05, 3.63) is 75.7 Å². The molecular weight excluding hydrogens is 314 g/mol. The van der Waals surface area contributed by atoms with Crippen molar-refractivity contribution in [1.82, 2.24) is 15.1 Å². The second-order valence-electron chi connectivity index (χ2n) is 6.20. The molecule has 0 unspecified atom stereocenters. The molecule has 0 saturated heterocycles. The van der Waals surface area contributed by atoms with E-state index in [2.05, 4.69) is 65.3 Å². The van der Waals surface area contributed by atoms with Gasteiger partial charge in [-0.25, -0.2) is 0 Å². The number of aromatic nitrogens is 2.